The van der Waals surface area contributed by atoms with E-state index in [1.165, 1.54) is 11.8 Å². The second-order valence-electron chi connectivity index (χ2n) is 6.03. The zero-order chi connectivity index (χ0) is 17.4. The second kappa shape index (κ2) is 6.33. The van der Waals surface area contributed by atoms with Crippen LogP contribution in [0.25, 0.3) is 10.7 Å². The van der Waals surface area contributed by atoms with Crippen LogP contribution in [0.15, 0.2) is 46.6 Å². The third-order valence-electron chi connectivity index (χ3n) is 4.23. The van der Waals surface area contributed by atoms with E-state index in [2.05, 4.69) is 5.10 Å². The van der Waals surface area contributed by atoms with Crippen LogP contribution in [-0.4, -0.2) is 27.4 Å². The molecule has 1 fully saturated rings. The third-order valence-corrected chi connectivity index (χ3v) is 5.10. The number of aromatic nitrogens is 3. The van der Waals surface area contributed by atoms with Crippen molar-refractivity contribution in [2.45, 2.75) is 25.4 Å². The minimum atomic E-state index is -0.373. The summed E-state index contributed by atoms with van der Waals surface area (Å²) < 4.78 is 8.01. The van der Waals surface area contributed by atoms with Crippen LogP contribution < -0.4 is 5.69 Å². The summed E-state index contributed by atoms with van der Waals surface area (Å²) in [5, 5.41) is 6.56. The van der Waals surface area contributed by atoms with E-state index in [4.69, 9.17) is 4.74 Å². The summed E-state index contributed by atoms with van der Waals surface area (Å²) in [6, 6.07) is 11.3. The smallest absolute Gasteiger partial charge is 0.346 e. The van der Waals surface area contributed by atoms with Gasteiger partial charge in [0.25, 0.3) is 0 Å². The number of thiophene rings is 1. The van der Waals surface area contributed by atoms with E-state index >= 15 is 0 Å². The number of esters is 1. The molecule has 6 nitrogen and oxygen atoms in total. The quantitative estimate of drug-likeness (QED) is 0.660. The highest BCUT2D eigenvalue weighted by molar-refractivity contribution is 7.13. The molecule has 2 heterocycles. The Hall–Kier alpha value is -2.67. The van der Waals surface area contributed by atoms with Crippen molar-refractivity contribution in [3.8, 4) is 10.7 Å². The van der Waals surface area contributed by atoms with Gasteiger partial charge in [0.1, 0.15) is 0 Å². The molecule has 25 heavy (non-hydrogen) atoms. The van der Waals surface area contributed by atoms with Gasteiger partial charge in [0.05, 0.1) is 24.1 Å². The number of carbonyl (C=O) groups is 1. The van der Waals surface area contributed by atoms with Gasteiger partial charge in [0, 0.05) is 6.04 Å². The van der Waals surface area contributed by atoms with Crippen molar-refractivity contribution in [2.24, 2.45) is 0 Å². The molecular formula is C18H17N3O3S. The van der Waals surface area contributed by atoms with Crippen LogP contribution in [0.2, 0.25) is 0 Å². The number of ether oxygens (including phenoxy) is 1. The first-order valence-corrected chi connectivity index (χ1v) is 8.96. The molecule has 0 bridgehead atoms. The lowest BCUT2D eigenvalue weighted by atomic mass is 10.1. The van der Waals surface area contributed by atoms with Crippen LogP contribution in [-0.2, 0) is 11.3 Å². The maximum Gasteiger partial charge on any atom is 0.346 e. The maximum atomic E-state index is 12.8. The molecular weight excluding hydrogens is 338 g/mol. The van der Waals surface area contributed by atoms with Crippen molar-refractivity contribution < 1.29 is 9.53 Å². The molecule has 0 aliphatic heterocycles. The number of carbonyl (C=O) groups excluding carboxylic acids is 1. The number of hydrogen-bond acceptors (Lipinski definition) is 5. The summed E-state index contributed by atoms with van der Waals surface area (Å²) in [4.78, 5) is 25.3. The Labute approximate surface area is 148 Å². The average molecular weight is 355 g/mol. The molecule has 0 N–H and O–H groups in total. The highest BCUT2D eigenvalue weighted by Crippen LogP contribution is 2.37. The lowest BCUT2D eigenvalue weighted by molar-refractivity contribution is 0.0600. The summed E-state index contributed by atoms with van der Waals surface area (Å²) >= 11 is 1.58. The van der Waals surface area contributed by atoms with Gasteiger partial charge in [-0.05, 0) is 42.0 Å². The van der Waals surface area contributed by atoms with E-state index in [9.17, 15) is 9.59 Å². The van der Waals surface area contributed by atoms with Crippen LogP contribution >= 0.6 is 11.3 Å². The van der Waals surface area contributed by atoms with Gasteiger partial charge in [-0.3, -0.25) is 4.57 Å². The van der Waals surface area contributed by atoms with Crippen molar-refractivity contribution >= 4 is 17.3 Å². The van der Waals surface area contributed by atoms with Gasteiger partial charge >= 0.3 is 11.7 Å². The second-order valence-corrected chi connectivity index (χ2v) is 6.98. The Balaban J connectivity index is 1.66. The van der Waals surface area contributed by atoms with Gasteiger partial charge in [-0.25, -0.2) is 14.3 Å². The predicted molar refractivity (Wildman–Crippen MR) is 95.0 cm³/mol. The molecule has 4 rings (SSSR count). The molecule has 2 aromatic heterocycles. The van der Waals surface area contributed by atoms with Gasteiger partial charge in [-0.2, -0.15) is 0 Å². The zero-order valence-corrected chi connectivity index (χ0v) is 14.5. The summed E-state index contributed by atoms with van der Waals surface area (Å²) in [7, 11) is 1.35. The molecule has 1 aliphatic carbocycles. The molecule has 0 saturated heterocycles. The minimum absolute atomic E-state index is 0.0806. The minimum Gasteiger partial charge on any atom is -0.465 e. The number of methoxy groups -OCH3 is 1. The summed E-state index contributed by atoms with van der Waals surface area (Å²) in [5.74, 6) is 0.371. The highest BCUT2D eigenvalue weighted by atomic mass is 32.1. The Morgan fingerprint density at radius 2 is 2.04 bits per heavy atom. The zero-order valence-electron chi connectivity index (χ0n) is 13.7. The molecule has 0 spiro atoms. The topological polar surface area (TPSA) is 66.1 Å². The van der Waals surface area contributed by atoms with E-state index in [-0.39, 0.29) is 17.7 Å². The van der Waals surface area contributed by atoms with Gasteiger partial charge < -0.3 is 4.74 Å². The summed E-state index contributed by atoms with van der Waals surface area (Å²) in [6.07, 6.45) is 2.05. The Bertz CT molecular complexity index is 951. The van der Waals surface area contributed by atoms with Crippen molar-refractivity contribution in [1.29, 1.82) is 0 Å². The van der Waals surface area contributed by atoms with Gasteiger partial charge in [-0.15, -0.1) is 16.4 Å². The molecule has 0 atom stereocenters. The highest BCUT2D eigenvalue weighted by Gasteiger charge is 2.30. The molecule has 0 unspecified atom stereocenters. The maximum absolute atomic E-state index is 12.8. The standard InChI is InChI=1S/C18H17N3O3S/c1-24-17(22)13-6-4-12(5-7-13)11-20-18(23)21(14-8-9-14)16(19-20)15-3-2-10-25-15/h2-7,10,14H,8-9,11H2,1H3. The van der Waals surface area contributed by atoms with Crippen molar-refractivity contribution in [2.75, 3.05) is 7.11 Å². The number of rotatable bonds is 5. The molecule has 1 saturated carbocycles. The predicted octanol–water partition coefficient (Wildman–Crippen LogP) is 2.94. The van der Waals surface area contributed by atoms with E-state index in [0.29, 0.717) is 12.1 Å². The van der Waals surface area contributed by atoms with Crippen LogP contribution in [0.5, 0.6) is 0 Å². The Kier molecular flexibility index (Phi) is 4.01. The monoisotopic (exact) mass is 355 g/mol. The lowest BCUT2D eigenvalue weighted by Gasteiger charge is -2.02. The first-order chi connectivity index (χ1) is 12.2. The van der Waals surface area contributed by atoms with Crippen LogP contribution in [0, 0.1) is 0 Å². The molecule has 7 heteroatoms. The SMILES string of the molecule is COC(=O)c1ccc(Cn2nc(-c3cccs3)n(C3CC3)c2=O)cc1. The van der Waals surface area contributed by atoms with Gasteiger partial charge in [0.2, 0.25) is 0 Å². The van der Waals surface area contributed by atoms with Gasteiger partial charge in [-0.1, -0.05) is 18.2 Å². The number of hydrogen-bond donors (Lipinski definition) is 0. The number of nitrogens with zero attached hydrogens (tertiary/aromatic N) is 3. The first-order valence-electron chi connectivity index (χ1n) is 8.08. The fourth-order valence-electron chi connectivity index (χ4n) is 2.80. The van der Waals surface area contributed by atoms with E-state index in [0.717, 1.165) is 29.1 Å². The summed E-state index contributed by atoms with van der Waals surface area (Å²) in [6.45, 7) is 0.373. The fraction of sp³-hybridized carbons (Fsp3) is 0.278. The molecule has 128 valence electrons. The molecule has 1 aromatic carbocycles. The van der Waals surface area contributed by atoms with Gasteiger partial charge in [0.15, 0.2) is 5.82 Å². The number of benzene rings is 1. The molecule has 3 aromatic rings. The lowest BCUT2D eigenvalue weighted by Crippen LogP contribution is -2.25. The van der Waals surface area contributed by atoms with Crippen LogP contribution in [0.1, 0.15) is 34.8 Å². The molecule has 0 radical (unpaired) electrons. The van der Waals surface area contributed by atoms with E-state index < -0.39 is 0 Å². The first kappa shape index (κ1) is 15.8. The van der Waals surface area contributed by atoms with Crippen LogP contribution in [0.4, 0.5) is 0 Å². The normalized spacial score (nSPS) is 13.8. The summed E-state index contributed by atoms with van der Waals surface area (Å²) in [5.41, 5.74) is 1.32. The molecule has 0 amide bonds. The Morgan fingerprint density at radius 3 is 2.64 bits per heavy atom. The average Bonchev–Trinajstić information content (AvgIpc) is 3.21. The van der Waals surface area contributed by atoms with E-state index in [1.54, 1.807) is 23.5 Å². The Morgan fingerprint density at radius 1 is 1.28 bits per heavy atom. The van der Waals surface area contributed by atoms with E-state index in [1.807, 2.05) is 34.2 Å². The van der Waals surface area contributed by atoms with Crippen LogP contribution in [0.3, 0.4) is 0 Å². The fourth-order valence-corrected chi connectivity index (χ4v) is 3.50. The largest absolute Gasteiger partial charge is 0.465 e. The van der Waals surface area contributed by atoms with Crippen molar-refractivity contribution in [3.05, 3.63) is 63.4 Å². The molecule has 1 aliphatic rings. The van der Waals surface area contributed by atoms with Crippen molar-refractivity contribution in [1.82, 2.24) is 14.3 Å². The van der Waals surface area contributed by atoms with Crippen molar-refractivity contribution in [3.63, 3.8) is 0 Å². The third kappa shape index (κ3) is 3.02.